The first kappa shape index (κ1) is 23.9. The number of hydrogen-bond acceptors (Lipinski definition) is 8. The molecular weight excluding hydrogens is 450 g/mol. The summed E-state index contributed by atoms with van der Waals surface area (Å²) < 4.78 is 9.25. The summed E-state index contributed by atoms with van der Waals surface area (Å²) in [7, 11) is 0. The number of piperidine rings is 1. The van der Waals surface area contributed by atoms with Gasteiger partial charge in [0.2, 0.25) is 10.3 Å². The highest BCUT2D eigenvalue weighted by Crippen LogP contribution is 2.26. The van der Waals surface area contributed by atoms with Crippen LogP contribution in [-0.4, -0.2) is 41.3 Å². The van der Waals surface area contributed by atoms with Crippen LogP contribution in [0.1, 0.15) is 43.2 Å². The molecular formula is C25H33N5OS2. The van der Waals surface area contributed by atoms with E-state index in [0.29, 0.717) is 0 Å². The van der Waals surface area contributed by atoms with Crippen molar-refractivity contribution < 1.29 is 4.74 Å². The Balaban J connectivity index is 1.09. The number of aromatic nitrogens is 2. The van der Waals surface area contributed by atoms with Gasteiger partial charge < -0.3 is 14.8 Å². The molecule has 1 aromatic heterocycles. The maximum absolute atomic E-state index is 5.99. The number of aryl methyl sites for hydroxylation is 1. The van der Waals surface area contributed by atoms with Crippen molar-refractivity contribution in [1.29, 1.82) is 0 Å². The second-order valence-electron chi connectivity index (χ2n) is 8.40. The lowest BCUT2D eigenvalue weighted by Crippen LogP contribution is -2.29. The Labute approximate surface area is 205 Å². The average Bonchev–Trinajstić information content (AvgIpc) is 3.30. The number of benzene rings is 2. The fourth-order valence-corrected chi connectivity index (χ4v) is 5.10. The van der Waals surface area contributed by atoms with Gasteiger partial charge in [-0.1, -0.05) is 47.6 Å². The van der Waals surface area contributed by atoms with Gasteiger partial charge in [0.25, 0.3) is 0 Å². The third-order valence-electron chi connectivity index (χ3n) is 5.57. The maximum Gasteiger partial charge on any atom is 0.217 e. The topological polar surface area (TPSA) is 62.3 Å². The van der Waals surface area contributed by atoms with E-state index in [4.69, 9.17) is 4.74 Å². The van der Waals surface area contributed by atoms with E-state index in [1.54, 1.807) is 11.9 Å². The van der Waals surface area contributed by atoms with Crippen LogP contribution in [-0.2, 0) is 6.54 Å². The molecule has 0 saturated carbocycles. The highest BCUT2D eigenvalue weighted by Gasteiger charge is 2.10. The van der Waals surface area contributed by atoms with Crippen LogP contribution in [0.4, 0.5) is 10.3 Å². The molecule has 1 aliphatic heterocycles. The third-order valence-corrected chi connectivity index (χ3v) is 7.30. The van der Waals surface area contributed by atoms with Gasteiger partial charge in [-0.3, -0.25) is 4.90 Å². The molecule has 0 amide bonds. The Morgan fingerprint density at radius 1 is 1.00 bits per heavy atom. The molecule has 2 N–H and O–H groups in total. The zero-order valence-corrected chi connectivity index (χ0v) is 20.9. The lowest BCUT2D eigenvalue weighted by atomic mass is 10.1. The SMILES string of the molecule is Cc1ccc(SNc2nnc(NCCCCOc3cccc(CN4CCCCC4)c3)s2)cc1. The molecule has 0 radical (unpaired) electrons. The van der Waals surface area contributed by atoms with Gasteiger partial charge in [0.05, 0.1) is 6.61 Å². The summed E-state index contributed by atoms with van der Waals surface area (Å²) >= 11 is 3.08. The largest absolute Gasteiger partial charge is 0.494 e. The van der Waals surface area contributed by atoms with E-state index >= 15 is 0 Å². The van der Waals surface area contributed by atoms with Crippen LogP contribution >= 0.6 is 23.3 Å². The van der Waals surface area contributed by atoms with Gasteiger partial charge in [-0.15, -0.1) is 10.2 Å². The minimum atomic E-state index is 0.727. The number of nitrogens with one attached hydrogen (secondary N) is 2. The molecule has 0 unspecified atom stereocenters. The quantitative estimate of drug-likeness (QED) is 0.234. The van der Waals surface area contributed by atoms with Gasteiger partial charge in [-0.05, 0) is 87.5 Å². The Morgan fingerprint density at radius 3 is 2.67 bits per heavy atom. The van der Waals surface area contributed by atoms with Crippen molar-refractivity contribution in [3.05, 3.63) is 59.7 Å². The Bertz CT molecular complexity index is 973. The lowest BCUT2D eigenvalue weighted by molar-refractivity contribution is 0.220. The van der Waals surface area contributed by atoms with Crippen LogP contribution in [0.3, 0.4) is 0 Å². The fraction of sp³-hybridized carbons (Fsp3) is 0.440. The van der Waals surface area contributed by atoms with Gasteiger partial charge in [-0.2, -0.15) is 0 Å². The standard InChI is InChI=1S/C25H33N5OS2/c1-20-10-12-23(13-11-20)33-29-25-28-27-24(32-25)26-14-3-6-17-31-22-9-7-8-21(18-22)19-30-15-4-2-5-16-30/h7-13,18H,2-6,14-17,19H2,1H3,(H,26,27)(H,28,29). The summed E-state index contributed by atoms with van der Waals surface area (Å²) in [6.07, 6.45) is 6.04. The number of anilines is 2. The highest BCUT2D eigenvalue weighted by atomic mass is 32.2. The lowest BCUT2D eigenvalue weighted by Gasteiger charge is -2.26. The van der Waals surface area contributed by atoms with Crippen LogP contribution in [0.15, 0.2) is 53.4 Å². The van der Waals surface area contributed by atoms with Crippen molar-refractivity contribution >= 4 is 33.5 Å². The van der Waals surface area contributed by atoms with Crippen molar-refractivity contribution in [3.63, 3.8) is 0 Å². The van der Waals surface area contributed by atoms with Crippen LogP contribution in [0.5, 0.6) is 5.75 Å². The summed E-state index contributed by atoms with van der Waals surface area (Å²) in [5.41, 5.74) is 2.60. The van der Waals surface area contributed by atoms with Gasteiger partial charge in [0.15, 0.2) is 0 Å². The molecule has 33 heavy (non-hydrogen) atoms. The monoisotopic (exact) mass is 483 g/mol. The molecule has 0 aliphatic carbocycles. The van der Waals surface area contributed by atoms with Crippen LogP contribution in [0.25, 0.3) is 0 Å². The average molecular weight is 484 g/mol. The Hall–Kier alpha value is -2.29. The number of unbranched alkanes of at least 4 members (excludes halogenated alkanes) is 1. The van der Waals surface area contributed by atoms with Crippen LogP contribution < -0.4 is 14.8 Å². The van der Waals surface area contributed by atoms with E-state index < -0.39 is 0 Å². The molecule has 3 aromatic rings. The van der Waals surface area contributed by atoms with Crippen molar-refractivity contribution in [2.24, 2.45) is 0 Å². The second kappa shape index (κ2) is 12.8. The van der Waals surface area contributed by atoms with Crippen molar-refractivity contribution in [2.75, 3.05) is 36.3 Å². The highest BCUT2D eigenvalue weighted by molar-refractivity contribution is 8.00. The Morgan fingerprint density at radius 2 is 1.82 bits per heavy atom. The van der Waals surface area contributed by atoms with Gasteiger partial charge in [0, 0.05) is 18.0 Å². The van der Waals surface area contributed by atoms with Gasteiger partial charge in [0.1, 0.15) is 5.75 Å². The van der Waals surface area contributed by atoms with Crippen molar-refractivity contribution in [3.8, 4) is 5.75 Å². The minimum absolute atomic E-state index is 0.727. The first-order valence-electron chi connectivity index (χ1n) is 11.8. The molecule has 8 heteroatoms. The number of likely N-dealkylation sites (tertiary alicyclic amines) is 1. The molecule has 176 valence electrons. The number of rotatable bonds is 12. The summed E-state index contributed by atoms with van der Waals surface area (Å²) in [6.45, 7) is 7.14. The van der Waals surface area contributed by atoms with Crippen molar-refractivity contribution in [2.45, 2.75) is 50.5 Å². The molecule has 2 aromatic carbocycles. The van der Waals surface area contributed by atoms with Gasteiger partial charge >= 0.3 is 0 Å². The molecule has 1 saturated heterocycles. The third kappa shape index (κ3) is 8.21. The smallest absolute Gasteiger partial charge is 0.217 e. The molecule has 1 fully saturated rings. The van der Waals surface area contributed by atoms with E-state index in [0.717, 1.165) is 53.4 Å². The predicted octanol–water partition coefficient (Wildman–Crippen LogP) is 6.22. The fourth-order valence-electron chi connectivity index (χ4n) is 3.77. The normalized spacial score (nSPS) is 14.2. The first-order chi connectivity index (χ1) is 16.2. The zero-order valence-electron chi connectivity index (χ0n) is 19.3. The predicted molar refractivity (Wildman–Crippen MR) is 139 cm³/mol. The minimum Gasteiger partial charge on any atom is -0.494 e. The molecule has 0 atom stereocenters. The molecule has 0 spiro atoms. The summed E-state index contributed by atoms with van der Waals surface area (Å²) in [5.74, 6) is 0.975. The van der Waals surface area contributed by atoms with E-state index in [1.807, 2.05) is 0 Å². The molecule has 1 aliphatic rings. The number of ether oxygens (including phenoxy) is 1. The van der Waals surface area contributed by atoms with Crippen LogP contribution in [0, 0.1) is 6.92 Å². The Kier molecular flexibility index (Phi) is 9.27. The van der Waals surface area contributed by atoms with Crippen LogP contribution in [0.2, 0.25) is 0 Å². The van der Waals surface area contributed by atoms with Crippen molar-refractivity contribution in [1.82, 2.24) is 15.1 Å². The molecule has 6 nitrogen and oxygen atoms in total. The summed E-state index contributed by atoms with van der Waals surface area (Å²) in [4.78, 5) is 3.70. The second-order valence-corrected chi connectivity index (χ2v) is 10.3. The molecule has 0 bridgehead atoms. The summed E-state index contributed by atoms with van der Waals surface area (Å²) in [6, 6.07) is 17.0. The van der Waals surface area contributed by atoms with E-state index in [1.165, 1.54) is 54.8 Å². The number of hydrogen-bond donors (Lipinski definition) is 2. The van der Waals surface area contributed by atoms with E-state index in [2.05, 4.69) is 80.6 Å². The van der Waals surface area contributed by atoms with E-state index in [-0.39, 0.29) is 0 Å². The van der Waals surface area contributed by atoms with Gasteiger partial charge in [-0.25, -0.2) is 0 Å². The molecule has 2 heterocycles. The maximum atomic E-state index is 5.99. The summed E-state index contributed by atoms with van der Waals surface area (Å²) in [5, 5.41) is 13.4. The number of nitrogens with zero attached hydrogens (tertiary/aromatic N) is 3. The molecule has 4 rings (SSSR count). The van der Waals surface area contributed by atoms with E-state index in [9.17, 15) is 0 Å². The first-order valence-corrected chi connectivity index (χ1v) is 13.4. The zero-order chi connectivity index (χ0) is 22.7.